The molecule has 2 N–H and O–H groups in total. The zero-order chi connectivity index (χ0) is 17.2. The van der Waals surface area contributed by atoms with Crippen molar-refractivity contribution in [3.05, 3.63) is 66.0 Å². The summed E-state index contributed by atoms with van der Waals surface area (Å²) in [5.41, 5.74) is 6.65. The quantitative estimate of drug-likeness (QED) is 0.861. The lowest BCUT2D eigenvalue weighted by Crippen LogP contribution is -2.56. The molecule has 0 bridgehead atoms. The first-order chi connectivity index (χ1) is 11.5. The number of nitrogens with two attached hydrogens (primary N) is 1. The highest BCUT2D eigenvalue weighted by atomic mass is 35.5. The van der Waals surface area contributed by atoms with E-state index in [2.05, 4.69) is 0 Å². The van der Waals surface area contributed by atoms with Gasteiger partial charge in [0.1, 0.15) is 11.4 Å². The third kappa shape index (κ3) is 4.47. The van der Waals surface area contributed by atoms with Crippen molar-refractivity contribution >= 4 is 36.4 Å². The maximum atomic E-state index is 13.9. The van der Waals surface area contributed by atoms with E-state index in [-0.39, 0.29) is 36.5 Å². The Balaban J connectivity index is 0.00000169. The number of hydrogen-bond donors (Lipinski definition) is 1. The van der Waals surface area contributed by atoms with Crippen molar-refractivity contribution in [2.24, 2.45) is 5.73 Å². The van der Waals surface area contributed by atoms with Crippen molar-refractivity contribution in [1.82, 2.24) is 4.90 Å². The van der Waals surface area contributed by atoms with Gasteiger partial charge in [0.15, 0.2) is 0 Å². The fourth-order valence-corrected chi connectivity index (χ4v) is 3.09. The normalized spacial score (nSPS) is 16.1. The van der Waals surface area contributed by atoms with Crippen LogP contribution >= 0.6 is 24.8 Å². The summed E-state index contributed by atoms with van der Waals surface area (Å²) in [5.74, 6) is -0.327. The van der Waals surface area contributed by atoms with Crippen LogP contribution in [-0.2, 0) is 10.3 Å². The van der Waals surface area contributed by atoms with E-state index < -0.39 is 5.54 Å². The summed E-state index contributed by atoms with van der Waals surface area (Å²) in [6.45, 7) is 4.00. The highest BCUT2D eigenvalue weighted by Crippen LogP contribution is 2.24. The molecule has 1 saturated heterocycles. The lowest BCUT2D eigenvalue weighted by Gasteiger charge is -2.39. The van der Waals surface area contributed by atoms with Gasteiger partial charge in [-0.1, -0.05) is 42.5 Å². The average molecular weight is 400 g/mol. The highest BCUT2D eigenvalue weighted by molar-refractivity contribution is 5.87. The van der Waals surface area contributed by atoms with Crippen LogP contribution in [0.25, 0.3) is 0 Å². The molecule has 0 radical (unpaired) electrons. The van der Waals surface area contributed by atoms with E-state index in [9.17, 15) is 9.18 Å². The number of hydrogen-bond acceptors (Lipinski definition) is 3. The Morgan fingerprint density at radius 3 is 2.08 bits per heavy atom. The van der Waals surface area contributed by atoms with Gasteiger partial charge in [-0.25, -0.2) is 4.39 Å². The number of rotatable bonds is 3. The second-order valence-electron chi connectivity index (χ2n) is 6.30. The Hall–Kier alpha value is -1.82. The molecule has 1 aliphatic heterocycles. The molecule has 1 heterocycles. The topological polar surface area (TPSA) is 49.6 Å². The number of piperazine rings is 1. The Kier molecular flexibility index (Phi) is 7.87. The number of carbonyl (C=O) groups excluding carboxylic acids is 1. The monoisotopic (exact) mass is 399 g/mol. The van der Waals surface area contributed by atoms with Gasteiger partial charge in [0.05, 0.1) is 5.69 Å². The average Bonchev–Trinajstić information content (AvgIpc) is 2.62. The molecule has 0 aliphatic carbocycles. The molecule has 2 aromatic rings. The molecule has 1 unspecified atom stereocenters. The number of nitrogens with zero attached hydrogens (tertiary/aromatic N) is 2. The van der Waals surface area contributed by atoms with Crippen molar-refractivity contribution in [1.29, 1.82) is 0 Å². The molecule has 0 spiro atoms. The van der Waals surface area contributed by atoms with Gasteiger partial charge in [-0.2, -0.15) is 0 Å². The number of para-hydroxylation sites is 1. The van der Waals surface area contributed by atoms with Gasteiger partial charge < -0.3 is 15.5 Å². The molecule has 1 atom stereocenters. The number of benzene rings is 2. The number of anilines is 1. The van der Waals surface area contributed by atoms with Crippen LogP contribution in [0.1, 0.15) is 12.5 Å². The smallest absolute Gasteiger partial charge is 0.247 e. The zero-order valence-electron chi connectivity index (χ0n) is 14.6. The molecule has 0 aromatic heterocycles. The van der Waals surface area contributed by atoms with Crippen LogP contribution in [-0.4, -0.2) is 37.0 Å². The molecular formula is C19H24Cl2FN3O. The fraction of sp³-hybridized carbons (Fsp3) is 0.316. The molecule has 142 valence electrons. The fourth-order valence-electron chi connectivity index (χ4n) is 3.09. The van der Waals surface area contributed by atoms with Crippen LogP contribution in [0.5, 0.6) is 0 Å². The van der Waals surface area contributed by atoms with Crippen molar-refractivity contribution < 1.29 is 9.18 Å². The summed E-state index contributed by atoms with van der Waals surface area (Å²) >= 11 is 0. The third-order valence-corrected chi connectivity index (χ3v) is 4.58. The molecular weight excluding hydrogens is 376 g/mol. The first-order valence-electron chi connectivity index (χ1n) is 8.13. The minimum atomic E-state index is -1.05. The second-order valence-corrected chi connectivity index (χ2v) is 6.30. The van der Waals surface area contributed by atoms with E-state index in [4.69, 9.17) is 5.73 Å². The Morgan fingerprint density at radius 2 is 1.50 bits per heavy atom. The standard InChI is InChI=1S/C19H22FN3O.2ClH/c1-19(21,15-7-3-2-4-8-15)18(24)23-13-11-22(12-14-23)17-10-6-5-9-16(17)20;;/h2-10H,11-14,21H2,1H3;2*1H. The first kappa shape index (κ1) is 22.2. The van der Waals surface area contributed by atoms with Gasteiger partial charge in [0.2, 0.25) is 5.91 Å². The first-order valence-corrected chi connectivity index (χ1v) is 8.13. The third-order valence-electron chi connectivity index (χ3n) is 4.58. The minimum Gasteiger partial charge on any atom is -0.366 e. The maximum absolute atomic E-state index is 13.9. The molecule has 3 rings (SSSR count). The van der Waals surface area contributed by atoms with Gasteiger partial charge in [-0.3, -0.25) is 4.79 Å². The molecule has 1 aliphatic rings. The van der Waals surface area contributed by atoms with E-state index in [0.717, 1.165) is 5.56 Å². The SMILES string of the molecule is CC(N)(C(=O)N1CCN(c2ccccc2F)CC1)c1ccccc1.Cl.Cl. The van der Waals surface area contributed by atoms with Gasteiger partial charge >= 0.3 is 0 Å². The van der Waals surface area contributed by atoms with E-state index in [0.29, 0.717) is 31.9 Å². The van der Waals surface area contributed by atoms with Crippen LogP contribution in [0.4, 0.5) is 10.1 Å². The molecule has 4 nitrogen and oxygen atoms in total. The van der Waals surface area contributed by atoms with Crippen LogP contribution in [0.15, 0.2) is 54.6 Å². The van der Waals surface area contributed by atoms with Crippen molar-refractivity contribution in [2.45, 2.75) is 12.5 Å². The van der Waals surface area contributed by atoms with E-state index in [1.54, 1.807) is 24.0 Å². The van der Waals surface area contributed by atoms with Crippen LogP contribution in [0.3, 0.4) is 0 Å². The summed E-state index contributed by atoms with van der Waals surface area (Å²) in [6, 6.07) is 16.1. The lowest BCUT2D eigenvalue weighted by atomic mass is 9.91. The predicted molar refractivity (Wildman–Crippen MR) is 108 cm³/mol. The number of amides is 1. The van der Waals surface area contributed by atoms with Gasteiger partial charge in [0.25, 0.3) is 0 Å². The predicted octanol–water partition coefficient (Wildman–Crippen LogP) is 3.19. The van der Waals surface area contributed by atoms with E-state index in [1.165, 1.54) is 6.07 Å². The largest absolute Gasteiger partial charge is 0.366 e. The maximum Gasteiger partial charge on any atom is 0.247 e. The van der Waals surface area contributed by atoms with Crippen LogP contribution in [0, 0.1) is 5.82 Å². The molecule has 0 saturated carbocycles. The summed E-state index contributed by atoms with van der Waals surface area (Å²) in [4.78, 5) is 16.6. The Bertz CT molecular complexity index is 720. The van der Waals surface area contributed by atoms with Gasteiger partial charge in [0, 0.05) is 26.2 Å². The Labute approximate surface area is 166 Å². The molecule has 7 heteroatoms. The summed E-state index contributed by atoms with van der Waals surface area (Å²) in [6.07, 6.45) is 0. The van der Waals surface area contributed by atoms with E-state index in [1.807, 2.05) is 41.3 Å². The van der Waals surface area contributed by atoms with E-state index >= 15 is 0 Å². The molecule has 26 heavy (non-hydrogen) atoms. The van der Waals surface area contributed by atoms with Gasteiger partial charge in [-0.05, 0) is 24.6 Å². The van der Waals surface area contributed by atoms with Gasteiger partial charge in [-0.15, -0.1) is 24.8 Å². The molecule has 2 aromatic carbocycles. The Morgan fingerprint density at radius 1 is 0.962 bits per heavy atom. The minimum absolute atomic E-state index is 0. The van der Waals surface area contributed by atoms with Crippen molar-refractivity contribution in [2.75, 3.05) is 31.1 Å². The summed E-state index contributed by atoms with van der Waals surface area (Å²) < 4.78 is 13.9. The van der Waals surface area contributed by atoms with Crippen LogP contribution < -0.4 is 10.6 Å². The number of halogens is 3. The lowest BCUT2D eigenvalue weighted by molar-refractivity contribution is -0.137. The van der Waals surface area contributed by atoms with Crippen molar-refractivity contribution in [3.63, 3.8) is 0 Å². The molecule has 1 fully saturated rings. The summed E-state index contributed by atoms with van der Waals surface area (Å²) in [5, 5.41) is 0. The number of carbonyl (C=O) groups is 1. The summed E-state index contributed by atoms with van der Waals surface area (Å²) in [7, 11) is 0. The second kappa shape index (κ2) is 9.21. The van der Waals surface area contributed by atoms with Crippen LogP contribution in [0.2, 0.25) is 0 Å². The van der Waals surface area contributed by atoms with Crippen molar-refractivity contribution in [3.8, 4) is 0 Å². The highest BCUT2D eigenvalue weighted by Gasteiger charge is 2.35. The zero-order valence-corrected chi connectivity index (χ0v) is 16.2. The molecule has 1 amide bonds.